The summed E-state index contributed by atoms with van der Waals surface area (Å²) in [6, 6.07) is 2.68. The molecule has 3 heterocycles. The Morgan fingerprint density at radius 3 is 3.31 bits per heavy atom. The molecule has 3 rings (SSSR count). The van der Waals surface area contributed by atoms with Gasteiger partial charge in [-0.2, -0.15) is 11.3 Å². The van der Waals surface area contributed by atoms with E-state index in [4.69, 9.17) is 0 Å². The van der Waals surface area contributed by atoms with Crippen LogP contribution in [0.4, 0.5) is 0 Å². The topological polar surface area (TPSA) is 29.9 Å². The second-order valence-corrected chi connectivity index (χ2v) is 5.01. The molecule has 2 aromatic rings. The van der Waals surface area contributed by atoms with E-state index in [0.717, 1.165) is 13.1 Å². The predicted molar refractivity (Wildman–Crippen MR) is 65.6 cm³/mol. The van der Waals surface area contributed by atoms with E-state index in [0.29, 0.717) is 6.04 Å². The van der Waals surface area contributed by atoms with Crippen molar-refractivity contribution in [3.63, 3.8) is 0 Å². The highest BCUT2D eigenvalue weighted by molar-refractivity contribution is 7.07. The van der Waals surface area contributed by atoms with Gasteiger partial charge >= 0.3 is 0 Å². The Labute approximate surface area is 99.1 Å². The van der Waals surface area contributed by atoms with Gasteiger partial charge in [0.15, 0.2) is 0 Å². The lowest BCUT2D eigenvalue weighted by Gasteiger charge is -2.13. The van der Waals surface area contributed by atoms with Crippen LogP contribution < -0.4 is 5.32 Å². The molecule has 0 saturated carbocycles. The van der Waals surface area contributed by atoms with E-state index in [1.165, 1.54) is 24.1 Å². The van der Waals surface area contributed by atoms with Gasteiger partial charge in [0.25, 0.3) is 0 Å². The van der Waals surface area contributed by atoms with E-state index in [-0.39, 0.29) is 0 Å². The van der Waals surface area contributed by atoms with Crippen molar-refractivity contribution in [2.45, 2.75) is 25.4 Å². The molecule has 1 atom stereocenters. The summed E-state index contributed by atoms with van der Waals surface area (Å²) in [5.74, 6) is 0. The fourth-order valence-electron chi connectivity index (χ4n) is 2.27. The Hall–Kier alpha value is -1.13. The number of hydrogen-bond donors (Lipinski definition) is 1. The summed E-state index contributed by atoms with van der Waals surface area (Å²) in [5.41, 5.74) is 2.69. The number of nitrogens with zero attached hydrogens (tertiary/aromatic N) is 2. The number of thiophene rings is 1. The monoisotopic (exact) mass is 233 g/mol. The Bertz CT molecular complexity index is 441. The molecule has 84 valence electrons. The van der Waals surface area contributed by atoms with Crippen molar-refractivity contribution in [1.29, 1.82) is 0 Å². The largest absolute Gasteiger partial charge is 0.329 e. The number of hydrogen-bond acceptors (Lipinski definition) is 3. The van der Waals surface area contributed by atoms with Gasteiger partial charge in [0.1, 0.15) is 0 Å². The number of imidazole rings is 1. The third-order valence-electron chi connectivity index (χ3n) is 3.09. The van der Waals surface area contributed by atoms with E-state index in [1.54, 1.807) is 11.3 Å². The first kappa shape index (κ1) is 10.1. The Morgan fingerprint density at radius 1 is 1.56 bits per heavy atom. The van der Waals surface area contributed by atoms with Gasteiger partial charge in [0.2, 0.25) is 0 Å². The molecule has 0 aliphatic carbocycles. The van der Waals surface area contributed by atoms with E-state index in [1.807, 2.05) is 12.5 Å². The van der Waals surface area contributed by atoms with Crippen LogP contribution in [0.2, 0.25) is 0 Å². The second-order valence-electron chi connectivity index (χ2n) is 4.23. The lowest BCUT2D eigenvalue weighted by molar-refractivity contribution is 0.584. The molecule has 1 unspecified atom stereocenters. The van der Waals surface area contributed by atoms with Crippen molar-refractivity contribution in [2.75, 3.05) is 6.54 Å². The first-order valence-electron chi connectivity index (χ1n) is 5.68. The molecule has 1 fully saturated rings. The van der Waals surface area contributed by atoms with Crippen molar-refractivity contribution >= 4 is 11.3 Å². The van der Waals surface area contributed by atoms with Crippen LogP contribution in [0.15, 0.2) is 29.4 Å². The van der Waals surface area contributed by atoms with Crippen molar-refractivity contribution in [1.82, 2.24) is 14.9 Å². The number of rotatable bonds is 3. The zero-order valence-corrected chi connectivity index (χ0v) is 9.91. The minimum absolute atomic E-state index is 0.501. The maximum absolute atomic E-state index is 4.27. The summed E-state index contributed by atoms with van der Waals surface area (Å²) in [5, 5.41) is 7.85. The van der Waals surface area contributed by atoms with Crippen molar-refractivity contribution in [3.8, 4) is 0 Å². The molecule has 3 nitrogen and oxygen atoms in total. The van der Waals surface area contributed by atoms with Crippen molar-refractivity contribution < 1.29 is 0 Å². The van der Waals surface area contributed by atoms with Gasteiger partial charge in [-0.05, 0) is 41.8 Å². The van der Waals surface area contributed by atoms with Gasteiger partial charge in [-0.3, -0.25) is 0 Å². The average Bonchev–Trinajstić information content (AvgIpc) is 2.98. The van der Waals surface area contributed by atoms with Crippen LogP contribution >= 0.6 is 11.3 Å². The summed E-state index contributed by atoms with van der Waals surface area (Å²) in [7, 11) is 0. The summed E-state index contributed by atoms with van der Waals surface area (Å²) >= 11 is 1.75. The fraction of sp³-hybridized carbons (Fsp3) is 0.417. The number of nitrogens with one attached hydrogen (secondary N) is 1. The zero-order valence-electron chi connectivity index (χ0n) is 9.10. The molecular formula is C12H15N3S. The summed E-state index contributed by atoms with van der Waals surface area (Å²) in [4.78, 5) is 4.27. The molecule has 16 heavy (non-hydrogen) atoms. The minimum atomic E-state index is 0.501. The quantitative estimate of drug-likeness (QED) is 0.882. The highest BCUT2D eigenvalue weighted by Gasteiger charge is 2.19. The molecule has 1 saturated heterocycles. The number of aromatic nitrogens is 2. The molecule has 1 aliphatic rings. The molecule has 1 N–H and O–H groups in total. The average molecular weight is 233 g/mol. The highest BCUT2D eigenvalue weighted by atomic mass is 32.1. The van der Waals surface area contributed by atoms with E-state index in [9.17, 15) is 0 Å². The predicted octanol–water partition coefficient (Wildman–Crippen LogP) is 2.42. The van der Waals surface area contributed by atoms with Crippen LogP contribution in [0.1, 0.15) is 30.1 Å². The van der Waals surface area contributed by atoms with Gasteiger partial charge < -0.3 is 9.88 Å². The third kappa shape index (κ3) is 1.90. The summed E-state index contributed by atoms with van der Waals surface area (Å²) < 4.78 is 2.26. The second kappa shape index (κ2) is 4.39. The lowest BCUT2D eigenvalue weighted by atomic mass is 10.1. The SMILES string of the molecule is c1cc(Cn2cncc2C2CCCN2)cs1. The summed E-state index contributed by atoms with van der Waals surface area (Å²) in [6.07, 6.45) is 6.44. The fourth-order valence-corrected chi connectivity index (χ4v) is 2.93. The van der Waals surface area contributed by atoms with Crippen LogP contribution in [0.3, 0.4) is 0 Å². The van der Waals surface area contributed by atoms with Crippen LogP contribution in [0.25, 0.3) is 0 Å². The Balaban J connectivity index is 1.82. The van der Waals surface area contributed by atoms with Crippen LogP contribution in [0, 0.1) is 0 Å². The molecule has 4 heteroatoms. The molecule has 2 aromatic heterocycles. The van der Waals surface area contributed by atoms with Crippen LogP contribution in [-0.2, 0) is 6.54 Å². The lowest BCUT2D eigenvalue weighted by Crippen LogP contribution is -2.17. The van der Waals surface area contributed by atoms with Crippen LogP contribution in [-0.4, -0.2) is 16.1 Å². The van der Waals surface area contributed by atoms with Gasteiger partial charge in [-0.25, -0.2) is 4.98 Å². The molecule has 0 spiro atoms. The van der Waals surface area contributed by atoms with Crippen molar-refractivity contribution in [3.05, 3.63) is 40.6 Å². The Morgan fingerprint density at radius 2 is 2.56 bits per heavy atom. The Kier molecular flexibility index (Phi) is 2.76. The zero-order chi connectivity index (χ0) is 10.8. The molecule has 0 aromatic carbocycles. The standard InChI is InChI=1S/C12H15N3S/c1-2-11(14-4-1)12-6-13-9-15(12)7-10-3-5-16-8-10/h3,5-6,8-9,11,14H,1-2,4,7H2. The van der Waals surface area contributed by atoms with E-state index < -0.39 is 0 Å². The smallest absolute Gasteiger partial charge is 0.0951 e. The maximum Gasteiger partial charge on any atom is 0.0951 e. The minimum Gasteiger partial charge on any atom is -0.329 e. The van der Waals surface area contributed by atoms with Gasteiger partial charge in [-0.15, -0.1) is 0 Å². The normalized spacial score (nSPS) is 20.4. The third-order valence-corrected chi connectivity index (χ3v) is 3.83. The van der Waals surface area contributed by atoms with Crippen LogP contribution in [0.5, 0.6) is 0 Å². The van der Waals surface area contributed by atoms with Crippen molar-refractivity contribution in [2.24, 2.45) is 0 Å². The first-order valence-corrected chi connectivity index (χ1v) is 6.62. The maximum atomic E-state index is 4.27. The first-order chi connectivity index (χ1) is 7.93. The highest BCUT2D eigenvalue weighted by Crippen LogP contribution is 2.23. The van der Waals surface area contributed by atoms with Gasteiger partial charge in [-0.1, -0.05) is 0 Å². The van der Waals surface area contributed by atoms with Gasteiger partial charge in [0.05, 0.1) is 12.0 Å². The molecule has 0 bridgehead atoms. The molecule has 0 amide bonds. The van der Waals surface area contributed by atoms with Gasteiger partial charge in [0, 0.05) is 18.8 Å². The molecular weight excluding hydrogens is 218 g/mol. The van der Waals surface area contributed by atoms with E-state index >= 15 is 0 Å². The van der Waals surface area contributed by atoms with E-state index in [2.05, 4.69) is 31.7 Å². The molecule has 0 radical (unpaired) electrons. The summed E-state index contributed by atoms with van der Waals surface area (Å²) in [6.45, 7) is 2.07. The molecule has 1 aliphatic heterocycles.